The van der Waals surface area contributed by atoms with E-state index in [4.69, 9.17) is 21.3 Å². The summed E-state index contributed by atoms with van der Waals surface area (Å²) in [6.45, 7) is 7.68. The summed E-state index contributed by atoms with van der Waals surface area (Å²) in [7, 11) is 1.71. The molecule has 2 aromatic heterocycles. The highest BCUT2D eigenvalue weighted by molar-refractivity contribution is 7.23. The monoisotopic (exact) mass is 428 g/mol. The molecule has 0 aliphatic rings. The molecule has 0 bridgehead atoms. The Bertz CT molecular complexity index is 1120. The van der Waals surface area contributed by atoms with Crippen molar-refractivity contribution in [2.75, 3.05) is 43.6 Å². The molecule has 29 heavy (non-hydrogen) atoms. The predicted molar refractivity (Wildman–Crippen MR) is 125 cm³/mol. The second kappa shape index (κ2) is 8.61. The summed E-state index contributed by atoms with van der Waals surface area (Å²) < 4.78 is 8.54. The molecule has 0 aliphatic carbocycles. The van der Waals surface area contributed by atoms with E-state index in [1.54, 1.807) is 18.4 Å². The number of rotatable bonds is 8. The molecule has 4 rings (SSSR count). The molecule has 5 nitrogen and oxygen atoms in total. The highest BCUT2D eigenvalue weighted by Gasteiger charge is 2.18. The summed E-state index contributed by atoms with van der Waals surface area (Å²) >= 11 is 7.84. The van der Waals surface area contributed by atoms with E-state index in [9.17, 15) is 0 Å². The van der Waals surface area contributed by atoms with Crippen LogP contribution in [0.25, 0.3) is 26.4 Å². The lowest BCUT2D eigenvalue weighted by molar-refractivity contribution is 0.210. The van der Waals surface area contributed by atoms with Gasteiger partial charge in [0, 0.05) is 43.0 Å². The summed E-state index contributed by atoms with van der Waals surface area (Å²) in [4.78, 5) is 8.25. The number of hydrogen-bond acceptors (Lipinski definition) is 5. The number of imidazole rings is 1. The number of nitrogens with zero attached hydrogens (tertiary/aromatic N) is 3. The zero-order valence-electron chi connectivity index (χ0n) is 16.9. The molecular weight excluding hydrogens is 404 g/mol. The largest absolute Gasteiger partial charge is 0.383 e. The summed E-state index contributed by atoms with van der Waals surface area (Å²) in [6.07, 6.45) is 0. The third kappa shape index (κ3) is 3.80. The molecule has 0 atom stereocenters. The van der Waals surface area contributed by atoms with Gasteiger partial charge in [-0.3, -0.25) is 4.40 Å². The van der Waals surface area contributed by atoms with E-state index in [1.165, 1.54) is 5.69 Å². The number of fused-ring (bicyclic) bond motifs is 3. The summed E-state index contributed by atoms with van der Waals surface area (Å²) in [5.74, 6) is 0.987. The summed E-state index contributed by atoms with van der Waals surface area (Å²) in [5.41, 5.74) is 4.38. The third-order valence-electron chi connectivity index (χ3n) is 5.08. The van der Waals surface area contributed by atoms with Crippen molar-refractivity contribution in [3.8, 4) is 11.3 Å². The molecular formula is C22H25ClN4OS. The van der Waals surface area contributed by atoms with Crippen LogP contribution in [0.5, 0.6) is 0 Å². The Morgan fingerprint density at radius 2 is 1.90 bits per heavy atom. The van der Waals surface area contributed by atoms with Gasteiger partial charge in [0.15, 0.2) is 4.96 Å². The van der Waals surface area contributed by atoms with Gasteiger partial charge < -0.3 is 15.0 Å². The van der Waals surface area contributed by atoms with Gasteiger partial charge in [-0.15, -0.1) is 0 Å². The zero-order chi connectivity index (χ0) is 20.4. The van der Waals surface area contributed by atoms with Crippen LogP contribution in [0.1, 0.15) is 13.8 Å². The molecule has 2 aromatic carbocycles. The van der Waals surface area contributed by atoms with Gasteiger partial charge in [-0.1, -0.05) is 35.1 Å². The van der Waals surface area contributed by atoms with Crippen LogP contribution in [0.2, 0.25) is 5.02 Å². The number of ether oxygens (including phenoxy) is 1. The SMILES string of the molecule is CCN(CC)c1ccc(-c2nc3sc4cc(Cl)ccc4n3c2NCCOC)cc1. The van der Waals surface area contributed by atoms with Crippen molar-refractivity contribution in [1.29, 1.82) is 0 Å². The fourth-order valence-electron chi connectivity index (χ4n) is 3.60. The van der Waals surface area contributed by atoms with Gasteiger partial charge in [-0.05, 0) is 44.2 Å². The molecule has 0 amide bonds. The van der Waals surface area contributed by atoms with E-state index in [1.807, 2.05) is 12.1 Å². The number of nitrogens with one attached hydrogen (secondary N) is 1. The number of benzene rings is 2. The Kier molecular flexibility index (Phi) is 5.94. The van der Waals surface area contributed by atoms with Gasteiger partial charge >= 0.3 is 0 Å². The standard InChI is InChI=1S/C22H25ClN4OS/c1-4-26(5-2)17-9-6-15(7-10-17)20-21(24-12-13-28-3)27-18-11-8-16(23)14-19(18)29-22(27)25-20/h6-11,14,24H,4-5,12-13H2,1-3H3. The number of thiazole rings is 1. The van der Waals surface area contributed by atoms with Crippen molar-refractivity contribution in [2.24, 2.45) is 0 Å². The summed E-state index contributed by atoms with van der Waals surface area (Å²) in [6, 6.07) is 14.6. The Hall–Kier alpha value is -2.28. The van der Waals surface area contributed by atoms with E-state index in [0.29, 0.717) is 13.2 Å². The lowest BCUT2D eigenvalue weighted by Gasteiger charge is -2.21. The number of anilines is 2. The quantitative estimate of drug-likeness (QED) is 0.361. The molecule has 0 fully saturated rings. The average molecular weight is 429 g/mol. The molecule has 0 saturated carbocycles. The third-order valence-corrected chi connectivity index (χ3v) is 6.32. The van der Waals surface area contributed by atoms with Gasteiger partial charge in [0.05, 0.1) is 16.8 Å². The molecule has 0 unspecified atom stereocenters. The molecule has 0 aliphatic heterocycles. The van der Waals surface area contributed by atoms with E-state index < -0.39 is 0 Å². The van der Waals surface area contributed by atoms with Gasteiger partial charge in [0.2, 0.25) is 0 Å². The first-order valence-electron chi connectivity index (χ1n) is 9.85. The highest BCUT2D eigenvalue weighted by atomic mass is 35.5. The van der Waals surface area contributed by atoms with Gasteiger partial charge in [0.25, 0.3) is 0 Å². The van der Waals surface area contributed by atoms with E-state index in [2.05, 4.69) is 58.8 Å². The minimum atomic E-state index is 0.626. The molecule has 2 heterocycles. The Labute approximate surface area is 179 Å². The lowest BCUT2D eigenvalue weighted by atomic mass is 10.1. The molecule has 152 valence electrons. The number of halogens is 1. The number of hydrogen-bond donors (Lipinski definition) is 1. The fourth-order valence-corrected chi connectivity index (χ4v) is 4.90. The van der Waals surface area contributed by atoms with Crippen molar-refractivity contribution in [1.82, 2.24) is 9.38 Å². The van der Waals surface area contributed by atoms with Crippen LogP contribution < -0.4 is 10.2 Å². The predicted octanol–water partition coefficient (Wildman–Crippen LogP) is 5.77. The van der Waals surface area contributed by atoms with E-state index in [-0.39, 0.29) is 0 Å². The maximum Gasteiger partial charge on any atom is 0.197 e. The van der Waals surface area contributed by atoms with Gasteiger partial charge in [0.1, 0.15) is 11.5 Å². The first-order valence-corrected chi connectivity index (χ1v) is 11.0. The highest BCUT2D eigenvalue weighted by Crippen LogP contribution is 2.37. The lowest BCUT2D eigenvalue weighted by Crippen LogP contribution is -2.21. The van der Waals surface area contributed by atoms with Crippen molar-refractivity contribution in [3.63, 3.8) is 0 Å². The van der Waals surface area contributed by atoms with Crippen LogP contribution in [0, 0.1) is 0 Å². The molecule has 0 radical (unpaired) electrons. The van der Waals surface area contributed by atoms with Crippen LogP contribution in [-0.2, 0) is 4.74 Å². The van der Waals surface area contributed by atoms with Crippen LogP contribution in [0.3, 0.4) is 0 Å². The Morgan fingerprint density at radius 3 is 2.59 bits per heavy atom. The fraction of sp³-hybridized carbons (Fsp3) is 0.318. The van der Waals surface area contributed by atoms with Crippen LogP contribution >= 0.6 is 22.9 Å². The first-order chi connectivity index (χ1) is 14.2. The molecule has 4 aromatic rings. The maximum absolute atomic E-state index is 6.19. The average Bonchev–Trinajstić information content (AvgIpc) is 3.25. The van der Waals surface area contributed by atoms with Crippen LogP contribution in [0.15, 0.2) is 42.5 Å². The normalized spacial score (nSPS) is 11.4. The van der Waals surface area contributed by atoms with Crippen molar-refractivity contribution >= 4 is 49.6 Å². The van der Waals surface area contributed by atoms with Crippen LogP contribution in [0.4, 0.5) is 11.5 Å². The zero-order valence-corrected chi connectivity index (χ0v) is 18.5. The molecule has 0 saturated heterocycles. The van der Waals surface area contributed by atoms with E-state index in [0.717, 1.165) is 50.4 Å². The van der Waals surface area contributed by atoms with Gasteiger partial charge in [-0.2, -0.15) is 0 Å². The van der Waals surface area contributed by atoms with Crippen molar-refractivity contribution < 1.29 is 4.74 Å². The maximum atomic E-state index is 6.19. The number of aromatic nitrogens is 2. The smallest absolute Gasteiger partial charge is 0.197 e. The topological polar surface area (TPSA) is 41.8 Å². The van der Waals surface area contributed by atoms with Crippen molar-refractivity contribution in [2.45, 2.75) is 13.8 Å². The van der Waals surface area contributed by atoms with Crippen LogP contribution in [-0.4, -0.2) is 42.7 Å². The van der Waals surface area contributed by atoms with E-state index >= 15 is 0 Å². The molecule has 0 spiro atoms. The number of methoxy groups -OCH3 is 1. The molecule has 7 heteroatoms. The Morgan fingerprint density at radius 1 is 1.14 bits per heavy atom. The van der Waals surface area contributed by atoms with Crippen molar-refractivity contribution in [3.05, 3.63) is 47.5 Å². The second-order valence-electron chi connectivity index (χ2n) is 6.78. The second-order valence-corrected chi connectivity index (χ2v) is 8.23. The van der Waals surface area contributed by atoms with Gasteiger partial charge in [-0.25, -0.2) is 4.98 Å². The minimum Gasteiger partial charge on any atom is -0.383 e. The Balaban J connectivity index is 1.81. The minimum absolute atomic E-state index is 0.626. The first kappa shape index (κ1) is 20.0. The summed E-state index contributed by atoms with van der Waals surface area (Å²) in [5, 5.41) is 4.27. The molecule has 1 N–H and O–H groups in total.